The second-order valence-corrected chi connectivity index (χ2v) is 8.97. The third-order valence-corrected chi connectivity index (χ3v) is 6.59. The predicted octanol–water partition coefficient (Wildman–Crippen LogP) is 2.42. The molecule has 1 unspecified atom stereocenters. The van der Waals surface area contributed by atoms with Crippen molar-refractivity contribution >= 4 is 40.3 Å². The van der Waals surface area contributed by atoms with Gasteiger partial charge in [-0.2, -0.15) is 0 Å². The maximum absolute atomic E-state index is 13.5. The molecule has 12 nitrogen and oxygen atoms in total. The molecule has 37 heavy (non-hydrogen) atoms. The summed E-state index contributed by atoms with van der Waals surface area (Å²) in [6, 6.07) is 8.72. The molecule has 2 aromatic carbocycles. The molecular formula is C24H20N4O8S. The zero-order valence-corrected chi connectivity index (χ0v) is 20.1. The van der Waals surface area contributed by atoms with Crippen LogP contribution in [0.1, 0.15) is 27.7 Å². The van der Waals surface area contributed by atoms with Crippen molar-refractivity contribution in [1.82, 2.24) is 15.2 Å². The van der Waals surface area contributed by atoms with E-state index in [9.17, 15) is 19.2 Å². The van der Waals surface area contributed by atoms with Crippen LogP contribution in [0.3, 0.4) is 0 Å². The molecule has 3 aromatic rings. The highest BCUT2D eigenvalue weighted by Crippen LogP contribution is 2.36. The monoisotopic (exact) mass is 524 g/mol. The molecule has 3 N–H and O–H groups in total. The van der Waals surface area contributed by atoms with Crippen molar-refractivity contribution in [1.29, 1.82) is 0 Å². The molecule has 0 radical (unpaired) electrons. The van der Waals surface area contributed by atoms with E-state index in [1.807, 2.05) is 0 Å². The lowest BCUT2D eigenvalue weighted by Crippen LogP contribution is -2.49. The maximum Gasteiger partial charge on any atom is 0.355 e. The van der Waals surface area contributed by atoms with Crippen LogP contribution in [-0.2, 0) is 16.0 Å². The van der Waals surface area contributed by atoms with Gasteiger partial charge in [-0.3, -0.25) is 9.59 Å². The predicted molar refractivity (Wildman–Crippen MR) is 129 cm³/mol. The van der Waals surface area contributed by atoms with E-state index in [1.54, 1.807) is 42.5 Å². The molecule has 13 heteroatoms. The highest BCUT2D eigenvalue weighted by atomic mass is 32.1. The average molecular weight is 525 g/mol. The number of imide groups is 1. The Balaban J connectivity index is 1.44. The van der Waals surface area contributed by atoms with Crippen LogP contribution in [0, 0.1) is 0 Å². The number of fused-ring (bicyclic) bond motifs is 1. The minimum atomic E-state index is -1.27. The van der Waals surface area contributed by atoms with Crippen LogP contribution in [0.5, 0.6) is 17.2 Å². The van der Waals surface area contributed by atoms with Gasteiger partial charge in [0.1, 0.15) is 17.8 Å². The summed E-state index contributed by atoms with van der Waals surface area (Å²) in [6.45, 7) is 0.0546. The van der Waals surface area contributed by atoms with Crippen LogP contribution in [0.25, 0.3) is 0 Å². The summed E-state index contributed by atoms with van der Waals surface area (Å²) in [5.41, 5.74) is 0.871. The number of rotatable bonds is 8. The summed E-state index contributed by atoms with van der Waals surface area (Å²) in [5, 5.41) is 15.6. The average Bonchev–Trinajstić information content (AvgIpc) is 3.61. The number of methoxy groups -OCH3 is 1. The van der Waals surface area contributed by atoms with Crippen LogP contribution in [0.4, 0.5) is 9.93 Å². The molecule has 5 rings (SSSR count). The molecule has 0 aliphatic carbocycles. The van der Waals surface area contributed by atoms with Gasteiger partial charge in [0.15, 0.2) is 22.3 Å². The van der Waals surface area contributed by atoms with Crippen molar-refractivity contribution in [3.05, 3.63) is 64.7 Å². The van der Waals surface area contributed by atoms with Gasteiger partial charge in [0.05, 0.1) is 7.11 Å². The van der Waals surface area contributed by atoms with Crippen LogP contribution >= 0.6 is 11.3 Å². The normalized spacial score (nSPS) is 16.9. The number of amides is 4. The lowest BCUT2D eigenvalue weighted by atomic mass is 10.0. The van der Waals surface area contributed by atoms with E-state index in [2.05, 4.69) is 15.6 Å². The summed E-state index contributed by atoms with van der Waals surface area (Å²) in [7, 11) is 1.50. The van der Waals surface area contributed by atoms with Crippen molar-refractivity contribution in [2.75, 3.05) is 19.2 Å². The zero-order chi connectivity index (χ0) is 26.1. The topological polar surface area (TPSA) is 156 Å². The van der Waals surface area contributed by atoms with E-state index in [4.69, 9.17) is 19.3 Å². The number of carboxylic acid groups (broad SMARTS) is 1. The summed E-state index contributed by atoms with van der Waals surface area (Å²) in [5.74, 6) is -1.07. The molecule has 2 aliphatic rings. The minimum absolute atomic E-state index is 0.0206. The number of carbonyl (C=O) groups is 4. The first-order chi connectivity index (χ1) is 17.8. The Morgan fingerprint density at radius 2 is 2.05 bits per heavy atom. The third-order valence-electron chi connectivity index (χ3n) is 5.83. The first kappa shape index (κ1) is 24.1. The van der Waals surface area contributed by atoms with Gasteiger partial charge in [-0.1, -0.05) is 18.2 Å². The second-order valence-electron chi connectivity index (χ2n) is 8.11. The van der Waals surface area contributed by atoms with Crippen molar-refractivity contribution in [2.24, 2.45) is 0 Å². The van der Waals surface area contributed by atoms with Gasteiger partial charge in [-0.25, -0.2) is 19.5 Å². The first-order valence-electron chi connectivity index (χ1n) is 11.0. The number of thiazole rings is 1. The Morgan fingerprint density at radius 1 is 1.24 bits per heavy atom. The number of nitrogens with zero attached hydrogens (tertiary/aromatic N) is 2. The number of benzene rings is 2. The van der Waals surface area contributed by atoms with Crippen LogP contribution in [-0.4, -0.2) is 58.7 Å². The van der Waals surface area contributed by atoms with Crippen LogP contribution in [0.15, 0.2) is 47.8 Å². The van der Waals surface area contributed by atoms with Gasteiger partial charge in [0, 0.05) is 11.8 Å². The van der Waals surface area contributed by atoms with Gasteiger partial charge >= 0.3 is 12.0 Å². The van der Waals surface area contributed by atoms with E-state index in [-0.39, 0.29) is 24.0 Å². The molecule has 2 aliphatic heterocycles. The van der Waals surface area contributed by atoms with Crippen molar-refractivity contribution < 1.29 is 38.5 Å². The highest BCUT2D eigenvalue weighted by molar-refractivity contribution is 7.14. The van der Waals surface area contributed by atoms with Crippen molar-refractivity contribution in [3.63, 3.8) is 0 Å². The standard InChI is InChI=1S/C24H20N4O8S/c1-34-14-4-2-3-12(7-14)8-16(20(29)27-23-25-15(10-37-23)22(31)32)28-21(30)19(26-24(28)33)13-5-6-17-18(9-13)36-11-35-17/h2-7,9-10,16,19H,8,11H2,1H3,(H,26,33)(H,31,32)(H,25,27,29)/t16-,19?/m0/s1. The lowest BCUT2D eigenvalue weighted by molar-refractivity contribution is -0.134. The first-order valence-corrected chi connectivity index (χ1v) is 11.9. The highest BCUT2D eigenvalue weighted by Gasteiger charge is 2.45. The Hall–Kier alpha value is -4.65. The Bertz CT molecular complexity index is 1410. The van der Waals surface area contributed by atoms with E-state index < -0.39 is 35.9 Å². The molecule has 2 atom stereocenters. The third kappa shape index (κ3) is 4.76. The fraction of sp³-hybridized carbons (Fsp3) is 0.208. The quantitative estimate of drug-likeness (QED) is 0.377. The SMILES string of the molecule is COc1cccc(C[C@@H](C(=O)Nc2nc(C(=O)O)cs2)N2C(=O)NC(c3ccc4c(c3)OCO4)C2=O)c1. The smallest absolute Gasteiger partial charge is 0.355 e. The number of hydrogen-bond donors (Lipinski definition) is 3. The molecular weight excluding hydrogens is 504 g/mol. The van der Waals surface area contributed by atoms with Gasteiger partial charge < -0.3 is 30.0 Å². The van der Waals surface area contributed by atoms with Gasteiger partial charge in [0.25, 0.3) is 5.91 Å². The van der Waals surface area contributed by atoms with E-state index in [1.165, 1.54) is 12.5 Å². The molecule has 1 saturated heterocycles. The van der Waals surface area contributed by atoms with Crippen molar-refractivity contribution in [3.8, 4) is 17.2 Å². The van der Waals surface area contributed by atoms with Gasteiger partial charge in [0.2, 0.25) is 12.7 Å². The van der Waals surface area contributed by atoms with E-state index in [0.29, 0.717) is 28.4 Å². The van der Waals surface area contributed by atoms with Gasteiger partial charge in [-0.05, 0) is 35.4 Å². The molecule has 1 aromatic heterocycles. The summed E-state index contributed by atoms with van der Waals surface area (Å²) in [6.07, 6.45) is -0.0206. The zero-order valence-electron chi connectivity index (χ0n) is 19.3. The number of urea groups is 1. The Morgan fingerprint density at radius 3 is 2.81 bits per heavy atom. The summed E-state index contributed by atoms with van der Waals surface area (Å²) in [4.78, 5) is 55.8. The van der Waals surface area contributed by atoms with E-state index in [0.717, 1.165) is 16.2 Å². The number of hydrogen-bond acceptors (Lipinski definition) is 9. The number of ether oxygens (including phenoxy) is 3. The minimum Gasteiger partial charge on any atom is -0.497 e. The molecule has 4 amide bonds. The lowest BCUT2D eigenvalue weighted by Gasteiger charge is -2.24. The Labute approximate surface area is 213 Å². The number of nitrogens with one attached hydrogen (secondary N) is 2. The van der Waals surface area contributed by atoms with Crippen molar-refractivity contribution in [2.45, 2.75) is 18.5 Å². The molecule has 3 heterocycles. The van der Waals surface area contributed by atoms with Gasteiger partial charge in [-0.15, -0.1) is 11.3 Å². The number of carboxylic acids is 1. The number of anilines is 1. The summed E-state index contributed by atoms with van der Waals surface area (Å²) >= 11 is 0.915. The molecule has 0 spiro atoms. The summed E-state index contributed by atoms with van der Waals surface area (Å²) < 4.78 is 15.9. The second kappa shape index (κ2) is 9.78. The molecule has 0 saturated carbocycles. The van der Waals surface area contributed by atoms with E-state index >= 15 is 0 Å². The van der Waals surface area contributed by atoms with Crippen LogP contribution < -0.4 is 24.8 Å². The number of carbonyl (C=O) groups excluding carboxylic acids is 3. The maximum atomic E-state index is 13.5. The number of aromatic nitrogens is 1. The number of aromatic carboxylic acids is 1. The molecule has 1 fully saturated rings. The molecule has 0 bridgehead atoms. The Kier molecular flexibility index (Phi) is 6.36. The molecule has 190 valence electrons. The van der Waals surface area contributed by atoms with Crippen LogP contribution in [0.2, 0.25) is 0 Å². The largest absolute Gasteiger partial charge is 0.497 e. The fourth-order valence-electron chi connectivity index (χ4n) is 4.05. The fourth-order valence-corrected chi connectivity index (χ4v) is 4.74.